The van der Waals surface area contributed by atoms with Crippen LogP contribution in [0.3, 0.4) is 0 Å². The number of nitrogens with one attached hydrogen (secondary N) is 1. The summed E-state index contributed by atoms with van der Waals surface area (Å²) in [6.07, 6.45) is 1.02. The number of phenolic OH excluding ortho intramolecular Hbond substituents is 1. The second-order valence-electron chi connectivity index (χ2n) is 4.79. The Kier molecular flexibility index (Phi) is 3.60. The zero-order valence-corrected chi connectivity index (χ0v) is 11.8. The standard InChI is InChI=1S/C16H11N3O4/c20-8-14-13-6-1-10(7-15(13)19(9-21)18-14)16(23)17-11-2-4-12(22)5-3-11/h1-9,22H,(H,17,23). The van der Waals surface area contributed by atoms with Crippen LogP contribution in [0.4, 0.5) is 5.69 Å². The van der Waals surface area contributed by atoms with Gasteiger partial charge in [-0.15, -0.1) is 0 Å². The quantitative estimate of drug-likeness (QED) is 0.565. The van der Waals surface area contributed by atoms with E-state index in [0.29, 0.717) is 34.9 Å². The minimum absolute atomic E-state index is 0.0979. The van der Waals surface area contributed by atoms with Crippen LogP contribution in [0.15, 0.2) is 42.5 Å². The lowest BCUT2D eigenvalue weighted by molar-refractivity contribution is 0.102. The maximum atomic E-state index is 12.3. The second kappa shape index (κ2) is 5.72. The zero-order valence-electron chi connectivity index (χ0n) is 11.8. The van der Waals surface area contributed by atoms with Crippen molar-refractivity contribution >= 4 is 35.2 Å². The van der Waals surface area contributed by atoms with E-state index in [1.54, 1.807) is 24.3 Å². The molecular formula is C16H11N3O4. The van der Waals surface area contributed by atoms with E-state index in [1.165, 1.54) is 18.2 Å². The van der Waals surface area contributed by atoms with E-state index in [2.05, 4.69) is 10.4 Å². The minimum Gasteiger partial charge on any atom is -0.508 e. The Morgan fingerprint density at radius 3 is 2.52 bits per heavy atom. The third-order valence-electron chi connectivity index (χ3n) is 3.33. The van der Waals surface area contributed by atoms with Crippen molar-refractivity contribution in [3.05, 3.63) is 53.7 Å². The number of amides is 1. The van der Waals surface area contributed by atoms with Crippen molar-refractivity contribution in [1.29, 1.82) is 0 Å². The highest BCUT2D eigenvalue weighted by Crippen LogP contribution is 2.20. The third-order valence-corrected chi connectivity index (χ3v) is 3.33. The van der Waals surface area contributed by atoms with Crippen LogP contribution in [-0.2, 0) is 4.79 Å². The fourth-order valence-electron chi connectivity index (χ4n) is 2.22. The Bertz CT molecular complexity index is 913. The van der Waals surface area contributed by atoms with Crippen molar-refractivity contribution in [3.8, 4) is 5.75 Å². The average Bonchev–Trinajstić information content (AvgIpc) is 2.94. The molecule has 0 bridgehead atoms. The van der Waals surface area contributed by atoms with Gasteiger partial charge in [0.05, 0.1) is 5.52 Å². The first kappa shape index (κ1) is 14.5. The first-order chi connectivity index (χ1) is 11.1. The van der Waals surface area contributed by atoms with E-state index in [1.807, 2.05) is 0 Å². The van der Waals surface area contributed by atoms with Crippen molar-refractivity contribution in [2.75, 3.05) is 5.32 Å². The number of carbonyl (C=O) groups is 3. The molecule has 0 spiro atoms. The molecule has 0 aliphatic rings. The molecule has 0 saturated carbocycles. The number of carbonyl (C=O) groups excluding carboxylic acids is 3. The number of hydrogen-bond acceptors (Lipinski definition) is 5. The Morgan fingerprint density at radius 1 is 1.13 bits per heavy atom. The molecule has 0 aliphatic carbocycles. The summed E-state index contributed by atoms with van der Waals surface area (Å²) in [5.41, 5.74) is 1.34. The van der Waals surface area contributed by atoms with E-state index in [-0.39, 0.29) is 17.4 Å². The third kappa shape index (κ3) is 2.67. The summed E-state index contributed by atoms with van der Waals surface area (Å²) in [4.78, 5) is 34.2. The molecule has 0 atom stereocenters. The molecular weight excluding hydrogens is 298 g/mol. The molecule has 0 radical (unpaired) electrons. The number of aromatic nitrogens is 2. The van der Waals surface area contributed by atoms with E-state index >= 15 is 0 Å². The number of anilines is 1. The fraction of sp³-hybridized carbons (Fsp3) is 0. The number of hydrogen-bond donors (Lipinski definition) is 2. The highest BCUT2D eigenvalue weighted by molar-refractivity contribution is 6.07. The zero-order chi connectivity index (χ0) is 16.4. The van der Waals surface area contributed by atoms with Crippen LogP contribution in [0, 0.1) is 0 Å². The molecule has 7 nitrogen and oxygen atoms in total. The van der Waals surface area contributed by atoms with Crippen LogP contribution in [0.5, 0.6) is 5.75 Å². The minimum atomic E-state index is -0.385. The SMILES string of the molecule is O=Cc1nn(C=O)c2cc(C(=O)Nc3ccc(O)cc3)ccc12. The number of aldehydes is 1. The van der Waals surface area contributed by atoms with Gasteiger partial charge in [-0.1, -0.05) is 0 Å². The smallest absolute Gasteiger partial charge is 0.255 e. The largest absolute Gasteiger partial charge is 0.508 e. The molecule has 1 aromatic heterocycles. The summed E-state index contributed by atoms with van der Waals surface area (Å²) in [6.45, 7) is 0. The summed E-state index contributed by atoms with van der Waals surface area (Å²) < 4.78 is 1.01. The van der Waals surface area contributed by atoms with E-state index < -0.39 is 0 Å². The van der Waals surface area contributed by atoms with Crippen LogP contribution in [0.25, 0.3) is 10.9 Å². The van der Waals surface area contributed by atoms with Crippen molar-refractivity contribution in [3.63, 3.8) is 0 Å². The molecule has 0 saturated heterocycles. The van der Waals surface area contributed by atoms with Gasteiger partial charge in [-0.05, 0) is 42.5 Å². The van der Waals surface area contributed by atoms with Crippen molar-refractivity contribution in [1.82, 2.24) is 9.78 Å². The van der Waals surface area contributed by atoms with Crippen LogP contribution in [0.2, 0.25) is 0 Å². The van der Waals surface area contributed by atoms with Gasteiger partial charge in [0, 0.05) is 16.6 Å². The lowest BCUT2D eigenvalue weighted by Crippen LogP contribution is -2.11. The van der Waals surface area contributed by atoms with Crippen molar-refractivity contribution in [2.45, 2.75) is 0 Å². The highest BCUT2D eigenvalue weighted by atomic mass is 16.3. The molecule has 2 N–H and O–H groups in total. The number of rotatable bonds is 4. The van der Waals surface area contributed by atoms with Gasteiger partial charge in [0.25, 0.3) is 5.91 Å². The Morgan fingerprint density at radius 2 is 1.87 bits per heavy atom. The van der Waals surface area contributed by atoms with E-state index in [0.717, 1.165) is 4.68 Å². The summed E-state index contributed by atoms with van der Waals surface area (Å²) >= 11 is 0. The van der Waals surface area contributed by atoms with Crippen molar-refractivity contribution in [2.24, 2.45) is 0 Å². The summed E-state index contributed by atoms with van der Waals surface area (Å²) in [7, 11) is 0. The average molecular weight is 309 g/mol. The number of benzene rings is 2. The predicted molar refractivity (Wildman–Crippen MR) is 83.3 cm³/mol. The summed E-state index contributed by atoms with van der Waals surface area (Å²) in [5.74, 6) is -0.287. The number of nitrogens with zero attached hydrogens (tertiary/aromatic N) is 2. The molecule has 7 heteroatoms. The fourth-order valence-corrected chi connectivity index (χ4v) is 2.22. The maximum Gasteiger partial charge on any atom is 0.255 e. The van der Waals surface area contributed by atoms with Gasteiger partial charge >= 0.3 is 0 Å². The highest BCUT2D eigenvalue weighted by Gasteiger charge is 2.13. The van der Waals surface area contributed by atoms with Crippen LogP contribution < -0.4 is 5.32 Å². The molecule has 23 heavy (non-hydrogen) atoms. The van der Waals surface area contributed by atoms with Gasteiger partial charge in [-0.3, -0.25) is 14.4 Å². The number of aromatic hydroxyl groups is 1. The first-order valence-electron chi connectivity index (χ1n) is 6.65. The normalized spacial score (nSPS) is 10.4. The van der Waals surface area contributed by atoms with Crippen molar-refractivity contribution < 1.29 is 19.5 Å². The molecule has 0 unspecified atom stereocenters. The molecule has 0 fully saturated rings. The van der Waals surface area contributed by atoms with Gasteiger partial charge in [0.15, 0.2) is 6.29 Å². The lowest BCUT2D eigenvalue weighted by atomic mass is 10.1. The van der Waals surface area contributed by atoms with Gasteiger partial charge in [0.2, 0.25) is 6.41 Å². The molecule has 114 valence electrons. The van der Waals surface area contributed by atoms with Gasteiger partial charge < -0.3 is 10.4 Å². The van der Waals surface area contributed by atoms with E-state index in [9.17, 15) is 19.5 Å². The van der Waals surface area contributed by atoms with Crippen LogP contribution >= 0.6 is 0 Å². The molecule has 1 heterocycles. The lowest BCUT2D eigenvalue weighted by Gasteiger charge is -2.05. The maximum absolute atomic E-state index is 12.3. The van der Waals surface area contributed by atoms with Crippen LogP contribution in [0.1, 0.15) is 20.8 Å². The molecule has 3 aromatic rings. The van der Waals surface area contributed by atoms with E-state index in [4.69, 9.17) is 0 Å². The first-order valence-corrected chi connectivity index (χ1v) is 6.65. The second-order valence-corrected chi connectivity index (χ2v) is 4.79. The van der Waals surface area contributed by atoms with Gasteiger partial charge in [-0.25, -0.2) is 4.68 Å². The number of phenols is 1. The monoisotopic (exact) mass is 309 g/mol. The molecule has 3 rings (SSSR count). The summed E-state index contributed by atoms with van der Waals surface area (Å²) in [6, 6.07) is 10.6. The van der Waals surface area contributed by atoms with Crippen LogP contribution in [-0.4, -0.2) is 33.5 Å². The summed E-state index contributed by atoms with van der Waals surface area (Å²) in [5, 5.41) is 16.2. The Hall–Kier alpha value is -3.48. The predicted octanol–water partition coefficient (Wildman–Crippen LogP) is 1.84. The van der Waals surface area contributed by atoms with Gasteiger partial charge in [-0.2, -0.15) is 5.10 Å². The Balaban J connectivity index is 1.96. The number of fused-ring (bicyclic) bond motifs is 1. The molecule has 0 aliphatic heterocycles. The van der Waals surface area contributed by atoms with Gasteiger partial charge in [0.1, 0.15) is 11.4 Å². The molecule has 1 amide bonds. The topological polar surface area (TPSA) is 101 Å². The molecule has 2 aromatic carbocycles. The Labute approximate surface area is 130 Å².